The highest BCUT2D eigenvalue weighted by Crippen LogP contribution is 2.11. The van der Waals surface area contributed by atoms with Crippen LogP contribution in [0.3, 0.4) is 0 Å². The normalized spacial score (nSPS) is 19.2. The summed E-state index contributed by atoms with van der Waals surface area (Å²) >= 11 is 0. The number of rotatable bonds is 3. The van der Waals surface area contributed by atoms with Gasteiger partial charge in [-0.25, -0.2) is 0 Å². The van der Waals surface area contributed by atoms with Crippen LogP contribution in [-0.4, -0.2) is 23.3 Å². The third-order valence-corrected chi connectivity index (χ3v) is 3.23. The van der Waals surface area contributed by atoms with Gasteiger partial charge in [0.25, 0.3) is 0 Å². The second kappa shape index (κ2) is 5.62. The number of aromatic nitrogens is 1. The van der Waals surface area contributed by atoms with Gasteiger partial charge < -0.3 is 10.6 Å². The standard InChI is InChI=1S/C13H17N3O2/c1-9-6-14-5-4-10(9)7-16-13(18)11-2-3-12(17)15-8-11/h4-6,11H,2-3,7-8H2,1H3,(H,15,17)(H,16,18). The molecule has 5 nitrogen and oxygen atoms in total. The molecular formula is C13H17N3O2. The Labute approximate surface area is 106 Å². The highest BCUT2D eigenvalue weighted by molar-refractivity contribution is 5.83. The number of carbonyl (C=O) groups is 2. The highest BCUT2D eigenvalue weighted by atomic mass is 16.2. The Kier molecular flexibility index (Phi) is 3.92. The molecule has 1 aliphatic heterocycles. The molecule has 5 heteroatoms. The van der Waals surface area contributed by atoms with E-state index in [0.717, 1.165) is 11.1 Å². The Bertz CT molecular complexity index is 449. The van der Waals surface area contributed by atoms with Crippen molar-refractivity contribution >= 4 is 11.8 Å². The molecule has 1 aliphatic rings. The van der Waals surface area contributed by atoms with Gasteiger partial charge in [0.15, 0.2) is 0 Å². The van der Waals surface area contributed by atoms with Crippen LogP contribution in [0.5, 0.6) is 0 Å². The summed E-state index contributed by atoms with van der Waals surface area (Å²) in [6.07, 6.45) is 4.57. The van der Waals surface area contributed by atoms with Gasteiger partial charge in [-0.05, 0) is 30.5 Å². The van der Waals surface area contributed by atoms with Crippen molar-refractivity contribution in [2.45, 2.75) is 26.3 Å². The number of hydrogen-bond donors (Lipinski definition) is 2. The number of nitrogens with one attached hydrogen (secondary N) is 2. The summed E-state index contributed by atoms with van der Waals surface area (Å²) in [6, 6.07) is 1.90. The quantitative estimate of drug-likeness (QED) is 0.818. The number of pyridine rings is 1. The van der Waals surface area contributed by atoms with Gasteiger partial charge in [0, 0.05) is 31.9 Å². The van der Waals surface area contributed by atoms with Gasteiger partial charge in [-0.15, -0.1) is 0 Å². The lowest BCUT2D eigenvalue weighted by molar-refractivity contribution is -0.129. The van der Waals surface area contributed by atoms with Crippen LogP contribution in [0.15, 0.2) is 18.5 Å². The topological polar surface area (TPSA) is 71.1 Å². The lowest BCUT2D eigenvalue weighted by Crippen LogP contribution is -2.42. The number of piperidine rings is 1. The molecule has 1 aromatic rings. The lowest BCUT2D eigenvalue weighted by atomic mass is 9.98. The number of aryl methyl sites for hydroxylation is 1. The van der Waals surface area contributed by atoms with E-state index in [9.17, 15) is 9.59 Å². The fourth-order valence-corrected chi connectivity index (χ4v) is 1.98. The minimum Gasteiger partial charge on any atom is -0.355 e. The molecule has 1 saturated heterocycles. The molecule has 2 heterocycles. The largest absolute Gasteiger partial charge is 0.355 e. The predicted octanol–water partition coefficient (Wildman–Crippen LogP) is 0.532. The maximum Gasteiger partial charge on any atom is 0.225 e. The fourth-order valence-electron chi connectivity index (χ4n) is 1.98. The van der Waals surface area contributed by atoms with Gasteiger partial charge >= 0.3 is 0 Å². The van der Waals surface area contributed by atoms with E-state index in [1.165, 1.54) is 0 Å². The van der Waals surface area contributed by atoms with Crippen molar-refractivity contribution in [3.63, 3.8) is 0 Å². The van der Waals surface area contributed by atoms with Gasteiger partial charge in [-0.3, -0.25) is 14.6 Å². The molecule has 1 atom stereocenters. The summed E-state index contributed by atoms with van der Waals surface area (Å²) in [6.45, 7) is 2.92. The van der Waals surface area contributed by atoms with E-state index in [1.807, 2.05) is 13.0 Å². The van der Waals surface area contributed by atoms with E-state index >= 15 is 0 Å². The monoisotopic (exact) mass is 247 g/mol. The van der Waals surface area contributed by atoms with Crippen molar-refractivity contribution in [1.82, 2.24) is 15.6 Å². The third-order valence-electron chi connectivity index (χ3n) is 3.23. The second-order valence-electron chi connectivity index (χ2n) is 4.56. The molecule has 0 saturated carbocycles. The first-order valence-corrected chi connectivity index (χ1v) is 6.10. The smallest absolute Gasteiger partial charge is 0.225 e. The van der Waals surface area contributed by atoms with Crippen molar-refractivity contribution in [3.05, 3.63) is 29.6 Å². The highest BCUT2D eigenvalue weighted by Gasteiger charge is 2.24. The Morgan fingerprint density at radius 2 is 2.44 bits per heavy atom. The van der Waals surface area contributed by atoms with Gasteiger partial charge in [0.05, 0.1) is 5.92 Å². The average molecular weight is 247 g/mol. The maximum atomic E-state index is 11.9. The van der Waals surface area contributed by atoms with Crippen LogP contribution >= 0.6 is 0 Å². The summed E-state index contributed by atoms with van der Waals surface area (Å²) in [4.78, 5) is 26.9. The second-order valence-corrected chi connectivity index (χ2v) is 4.56. The van der Waals surface area contributed by atoms with Crippen molar-refractivity contribution in [3.8, 4) is 0 Å². The molecule has 0 radical (unpaired) electrons. The number of hydrogen-bond acceptors (Lipinski definition) is 3. The molecule has 0 bridgehead atoms. The van der Waals surface area contributed by atoms with Crippen molar-refractivity contribution in [2.24, 2.45) is 5.92 Å². The SMILES string of the molecule is Cc1cnccc1CNC(=O)C1CCC(=O)NC1. The molecule has 2 rings (SSSR count). The number of amides is 2. The van der Waals surface area contributed by atoms with Crippen molar-refractivity contribution in [1.29, 1.82) is 0 Å². The average Bonchev–Trinajstić information content (AvgIpc) is 2.38. The molecule has 1 unspecified atom stereocenters. The minimum atomic E-state index is -0.107. The molecule has 2 N–H and O–H groups in total. The van der Waals surface area contributed by atoms with Gasteiger partial charge in [-0.1, -0.05) is 0 Å². The Morgan fingerprint density at radius 3 is 3.11 bits per heavy atom. The molecule has 0 aromatic carbocycles. The van der Waals surface area contributed by atoms with Crippen LogP contribution in [0.25, 0.3) is 0 Å². The van der Waals surface area contributed by atoms with Crippen LogP contribution < -0.4 is 10.6 Å². The summed E-state index contributed by atoms with van der Waals surface area (Å²) in [7, 11) is 0. The molecule has 0 spiro atoms. The first kappa shape index (κ1) is 12.5. The minimum absolute atomic E-state index is 0.00575. The Hall–Kier alpha value is -1.91. The first-order valence-electron chi connectivity index (χ1n) is 6.10. The van der Waals surface area contributed by atoms with Gasteiger partial charge in [0.2, 0.25) is 11.8 Å². The summed E-state index contributed by atoms with van der Waals surface area (Å²) in [5.41, 5.74) is 2.13. The van der Waals surface area contributed by atoms with Gasteiger partial charge in [-0.2, -0.15) is 0 Å². The molecule has 18 heavy (non-hydrogen) atoms. The molecule has 2 amide bonds. The first-order chi connectivity index (χ1) is 8.66. The third kappa shape index (κ3) is 3.06. The predicted molar refractivity (Wildman–Crippen MR) is 66.6 cm³/mol. The number of nitrogens with zero attached hydrogens (tertiary/aromatic N) is 1. The van der Waals surface area contributed by atoms with E-state index in [2.05, 4.69) is 15.6 Å². The summed E-state index contributed by atoms with van der Waals surface area (Å²) < 4.78 is 0. The van der Waals surface area contributed by atoms with E-state index in [1.54, 1.807) is 12.4 Å². The van der Waals surface area contributed by atoms with Gasteiger partial charge in [0.1, 0.15) is 0 Å². The molecule has 1 aromatic heterocycles. The summed E-state index contributed by atoms with van der Waals surface area (Å²) in [5.74, 6) is -0.0694. The van der Waals surface area contributed by atoms with E-state index < -0.39 is 0 Å². The van der Waals surface area contributed by atoms with E-state index in [0.29, 0.717) is 25.9 Å². The molecule has 0 aliphatic carbocycles. The molecule has 1 fully saturated rings. The van der Waals surface area contributed by atoms with E-state index in [-0.39, 0.29) is 17.7 Å². The molecular weight excluding hydrogens is 230 g/mol. The van der Waals surface area contributed by atoms with Crippen LogP contribution in [-0.2, 0) is 16.1 Å². The van der Waals surface area contributed by atoms with Crippen LogP contribution in [0.4, 0.5) is 0 Å². The van der Waals surface area contributed by atoms with Crippen molar-refractivity contribution in [2.75, 3.05) is 6.54 Å². The van der Waals surface area contributed by atoms with E-state index in [4.69, 9.17) is 0 Å². The zero-order valence-corrected chi connectivity index (χ0v) is 10.4. The lowest BCUT2D eigenvalue weighted by Gasteiger charge is -2.21. The molecule has 96 valence electrons. The summed E-state index contributed by atoms with van der Waals surface area (Å²) in [5, 5.41) is 5.62. The van der Waals surface area contributed by atoms with Crippen LogP contribution in [0, 0.1) is 12.8 Å². The van der Waals surface area contributed by atoms with Crippen LogP contribution in [0.1, 0.15) is 24.0 Å². The Balaban J connectivity index is 1.85. The Morgan fingerprint density at radius 1 is 1.61 bits per heavy atom. The zero-order chi connectivity index (χ0) is 13.0. The maximum absolute atomic E-state index is 11.9. The van der Waals surface area contributed by atoms with Crippen molar-refractivity contribution < 1.29 is 9.59 Å². The zero-order valence-electron chi connectivity index (χ0n) is 10.4. The number of carbonyl (C=O) groups excluding carboxylic acids is 2. The van der Waals surface area contributed by atoms with Crippen LogP contribution in [0.2, 0.25) is 0 Å². The fraction of sp³-hybridized carbons (Fsp3) is 0.462.